The Hall–Kier alpha value is -2.43. The molecule has 0 atom stereocenters. The predicted octanol–water partition coefficient (Wildman–Crippen LogP) is 3.75. The molecule has 0 saturated heterocycles. The van der Waals surface area contributed by atoms with Gasteiger partial charge in [0.15, 0.2) is 5.78 Å². The van der Waals surface area contributed by atoms with E-state index in [0.717, 1.165) is 24.3 Å². The third kappa shape index (κ3) is 2.93. The second-order valence-electron chi connectivity index (χ2n) is 4.14. The third-order valence-electron chi connectivity index (χ3n) is 2.78. The fourth-order valence-corrected chi connectivity index (χ4v) is 1.69. The first kappa shape index (κ1) is 14.0. The van der Waals surface area contributed by atoms with Crippen molar-refractivity contribution in [2.75, 3.05) is 0 Å². The number of aldehydes is 1. The van der Waals surface area contributed by atoms with Crippen molar-refractivity contribution in [3.63, 3.8) is 0 Å². The number of rotatable bonds is 3. The maximum Gasteiger partial charge on any atom is 0.416 e. The van der Waals surface area contributed by atoms with Gasteiger partial charge in [0, 0.05) is 16.7 Å². The van der Waals surface area contributed by atoms with E-state index in [2.05, 4.69) is 0 Å². The molecule has 20 heavy (non-hydrogen) atoms. The smallest absolute Gasteiger partial charge is 0.298 e. The Morgan fingerprint density at radius 1 is 0.850 bits per heavy atom. The zero-order valence-electron chi connectivity index (χ0n) is 10.1. The normalized spacial score (nSPS) is 11.2. The van der Waals surface area contributed by atoms with Crippen molar-refractivity contribution >= 4 is 12.1 Å². The number of hydrogen-bond donors (Lipinski definition) is 0. The highest BCUT2D eigenvalue weighted by Gasteiger charge is 2.30. The van der Waals surface area contributed by atoms with Crippen LogP contribution in [0.2, 0.25) is 0 Å². The average molecular weight is 278 g/mol. The van der Waals surface area contributed by atoms with Gasteiger partial charge in [-0.05, 0) is 12.1 Å². The first-order chi connectivity index (χ1) is 9.41. The molecular weight excluding hydrogens is 269 g/mol. The van der Waals surface area contributed by atoms with E-state index in [-0.39, 0.29) is 5.56 Å². The summed E-state index contributed by atoms with van der Waals surface area (Å²) in [5.41, 5.74) is 0.103. The van der Waals surface area contributed by atoms with Gasteiger partial charge in [-0.3, -0.25) is 9.59 Å². The third-order valence-corrected chi connectivity index (χ3v) is 2.78. The van der Waals surface area contributed by atoms with Crippen LogP contribution in [-0.4, -0.2) is 12.1 Å². The van der Waals surface area contributed by atoms with Crippen molar-refractivity contribution < 1.29 is 22.8 Å². The lowest BCUT2D eigenvalue weighted by molar-refractivity contribution is -0.137. The van der Waals surface area contributed by atoms with Crippen LogP contribution in [0.4, 0.5) is 13.2 Å². The zero-order valence-corrected chi connectivity index (χ0v) is 10.1. The van der Waals surface area contributed by atoms with Crippen LogP contribution in [0.15, 0.2) is 48.5 Å². The lowest BCUT2D eigenvalue weighted by Gasteiger charge is -2.07. The predicted molar refractivity (Wildman–Crippen MR) is 66.7 cm³/mol. The number of carbonyl (C=O) groups is 2. The maximum absolute atomic E-state index is 12.4. The molecule has 5 heteroatoms. The molecule has 0 unspecified atom stereocenters. The van der Waals surface area contributed by atoms with Crippen molar-refractivity contribution in [2.45, 2.75) is 6.18 Å². The Morgan fingerprint density at radius 3 is 1.70 bits per heavy atom. The molecule has 0 aliphatic heterocycles. The van der Waals surface area contributed by atoms with Gasteiger partial charge in [-0.15, -0.1) is 0 Å². The maximum atomic E-state index is 12.4. The number of alkyl halides is 3. The SMILES string of the molecule is O=Cc1ccc(C(=O)c2ccc(C(F)(F)F)cc2)cc1. The number of halogens is 3. The van der Waals surface area contributed by atoms with Gasteiger partial charge in [0.05, 0.1) is 5.56 Å². The summed E-state index contributed by atoms with van der Waals surface area (Å²) in [5, 5.41) is 0. The minimum absolute atomic E-state index is 0.164. The van der Waals surface area contributed by atoms with Crippen molar-refractivity contribution in [3.05, 3.63) is 70.8 Å². The van der Waals surface area contributed by atoms with Gasteiger partial charge < -0.3 is 0 Å². The Labute approximate surface area is 112 Å². The van der Waals surface area contributed by atoms with Crippen molar-refractivity contribution in [1.29, 1.82) is 0 Å². The molecule has 0 spiro atoms. The Balaban J connectivity index is 2.26. The molecule has 2 nitrogen and oxygen atoms in total. The van der Waals surface area contributed by atoms with Crippen LogP contribution in [0.1, 0.15) is 31.8 Å². The lowest BCUT2D eigenvalue weighted by Crippen LogP contribution is -2.06. The highest BCUT2D eigenvalue weighted by atomic mass is 19.4. The molecular formula is C15H9F3O2. The molecule has 0 radical (unpaired) electrons. The van der Waals surface area contributed by atoms with Crippen LogP contribution in [0, 0.1) is 0 Å². The molecule has 2 aromatic carbocycles. The molecule has 0 amide bonds. The Kier molecular flexibility index (Phi) is 3.70. The van der Waals surface area contributed by atoms with E-state index >= 15 is 0 Å². The van der Waals surface area contributed by atoms with Crippen LogP contribution >= 0.6 is 0 Å². The Bertz CT molecular complexity index is 626. The molecule has 2 rings (SSSR count). The van der Waals surface area contributed by atoms with Gasteiger partial charge in [-0.2, -0.15) is 13.2 Å². The first-order valence-electron chi connectivity index (χ1n) is 5.69. The zero-order chi connectivity index (χ0) is 14.8. The molecule has 0 heterocycles. The van der Waals surface area contributed by atoms with Gasteiger partial charge in [0.2, 0.25) is 0 Å². The van der Waals surface area contributed by atoms with E-state index in [1.165, 1.54) is 24.3 Å². The number of ketones is 1. The summed E-state index contributed by atoms with van der Waals surface area (Å²) >= 11 is 0. The molecule has 0 aliphatic carbocycles. The van der Waals surface area contributed by atoms with Crippen LogP contribution in [0.5, 0.6) is 0 Å². The minimum atomic E-state index is -4.42. The summed E-state index contributed by atoms with van der Waals surface area (Å²) in [5.74, 6) is -0.392. The fraction of sp³-hybridized carbons (Fsp3) is 0.0667. The summed E-state index contributed by atoms with van der Waals surface area (Å²) < 4.78 is 37.2. The average Bonchev–Trinajstić information content (AvgIpc) is 2.46. The van der Waals surface area contributed by atoms with Gasteiger partial charge in [-0.1, -0.05) is 36.4 Å². The van der Waals surface area contributed by atoms with E-state index in [1.807, 2.05) is 0 Å². The second-order valence-corrected chi connectivity index (χ2v) is 4.14. The van der Waals surface area contributed by atoms with E-state index in [0.29, 0.717) is 17.4 Å². The summed E-state index contributed by atoms with van der Waals surface area (Å²) in [6, 6.07) is 9.89. The van der Waals surface area contributed by atoms with E-state index in [4.69, 9.17) is 0 Å². The van der Waals surface area contributed by atoms with Crippen LogP contribution in [0.25, 0.3) is 0 Å². The van der Waals surface area contributed by atoms with Crippen LogP contribution < -0.4 is 0 Å². The molecule has 0 bridgehead atoms. The van der Waals surface area contributed by atoms with Gasteiger partial charge in [0.25, 0.3) is 0 Å². The molecule has 0 fully saturated rings. The van der Waals surface area contributed by atoms with Crippen molar-refractivity contribution in [1.82, 2.24) is 0 Å². The molecule has 0 aromatic heterocycles. The highest BCUT2D eigenvalue weighted by molar-refractivity contribution is 6.09. The minimum Gasteiger partial charge on any atom is -0.298 e. The first-order valence-corrected chi connectivity index (χ1v) is 5.69. The van der Waals surface area contributed by atoms with Gasteiger partial charge in [-0.25, -0.2) is 0 Å². The monoisotopic (exact) mass is 278 g/mol. The summed E-state index contributed by atoms with van der Waals surface area (Å²) in [6.07, 6.45) is -3.78. The second kappa shape index (κ2) is 5.28. The number of benzene rings is 2. The molecule has 0 N–H and O–H groups in total. The summed E-state index contributed by atoms with van der Waals surface area (Å²) in [7, 11) is 0. The van der Waals surface area contributed by atoms with E-state index in [1.54, 1.807) is 0 Å². The standard InChI is InChI=1S/C15H9F3O2/c16-15(17,18)13-7-5-12(6-8-13)14(20)11-3-1-10(9-19)2-4-11/h1-9H. The van der Waals surface area contributed by atoms with Gasteiger partial charge >= 0.3 is 6.18 Å². The quantitative estimate of drug-likeness (QED) is 0.633. The van der Waals surface area contributed by atoms with E-state index in [9.17, 15) is 22.8 Å². The fourth-order valence-electron chi connectivity index (χ4n) is 1.69. The van der Waals surface area contributed by atoms with Crippen LogP contribution in [0.3, 0.4) is 0 Å². The van der Waals surface area contributed by atoms with Crippen molar-refractivity contribution in [2.24, 2.45) is 0 Å². The Morgan fingerprint density at radius 2 is 1.30 bits per heavy atom. The topological polar surface area (TPSA) is 34.1 Å². The molecule has 0 aliphatic rings. The molecule has 2 aromatic rings. The largest absolute Gasteiger partial charge is 0.416 e. The molecule has 0 saturated carbocycles. The highest BCUT2D eigenvalue weighted by Crippen LogP contribution is 2.29. The summed E-state index contributed by atoms with van der Waals surface area (Å²) in [6.45, 7) is 0. The van der Waals surface area contributed by atoms with E-state index < -0.39 is 17.5 Å². The lowest BCUT2D eigenvalue weighted by atomic mass is 10.0. The van der Waals surface area contributed by atoms with Crippen LogP contribution in [-0.2, 0) is 6.18 Å². The van der Waals surface area contributed by atoms with Crippen molar-refractivity contribution in [3.8, 4) is 0 Å². The summed E-state index contributed by atoms with van der Waals surface area (Å²) in [4.78, 5) is 22.5. The number of hydrogen-bond acceptors (Lipinski definition) is 2. The van der Waals surface area contributed by atoms with Gasteiger partial charge in [0.1, 0.15) is 6.29 Å². The molecule has 102 valence electrons. The number of carbonyl (C=O) groups excluding carboxylic acids is 2.